The molecule has 2 aromatic carbocycles. The predicted molar refractivity (Wildman–Crippen MR) is 107 cm³/mol. The molecule has 0 bridgehead atoms. The smallest absolute Gasteiger partial charge is 0.234 e. The second-order valence-corrected chi connectivity index (χ2v) is 7.72. The number of hydrogen-bond donors (Lipinski definition) is 2. The number of thioether (sulfide) groups is 1. The molecule has 0 saturated heterocycles. The Bertz CT molecular complexity index is 806. The van der Waals surface area contributed by atoms with Gasteiger partial charge in [0.2, 0.25) is 11.8 Å². The molecule has 142 valence electrons. The van der Waals surface area contributed by atoms with Crippen LogP contribution in [-0.4, -0.2) is 17.6 Å². The summed E-state index contributed by atoms with van der Waals surface area (Å²) in [5.41, 5.74) is 0.918. The summed E-state index contributed by atoms with van der Waals surface area (Å²) in [6, 6.07) is 13.5. The first kappa shape index (κ1) is 19.4. The van der Waals surface area contributed by atoms with Crippen molar-refractivity contribution >= 4 is 35.0 Å². The number of rotatable bonds is 6. The van der Waals surface area contributed by atoms with Gasteiger partial charge in [-0.15, -0.1) is 11.8 Å². The quantitative estimate of drug-likeness (QED) is 0.681. The lowest BCUT2D eigenvalue weighted by atomic mass is 9.88. The van der Waals surface area contributed by atoms with Crippen LogP contribution in [0.3, 0.4) is 0 Å². The topological polar surface area (TPSA) is 58.2 Å². The van der Waals surface area contributed by atoms with E-state index in [1.165, 1.54) is 30.3 Å². The molecule has 6 heteroatoms. The molecule has 0 aromatic heterocycles. The number of para-hydroxylation sites is 1. The molecule has 0 radical (unpaired) electrons. The van der Waals surface area contributed by atoms with Crippen molar-refractivity contribution in [3.8, 4) is 0 Å². The molecule has 1 fully saturated rings. The predicted octanol–water partition coefficient (Wildman–Crippen LogP) is 5.08. The van der Waals surface area contributed by atoms with Crippen LogP contribution in [-0.2, 0) is 9.59 Å². The van der Waals surface area contributed by atoms with Crippen LogP contribution in [0.2, 0.25) is 0 Å². The minimum Gasteiger partial charge on any atom is -0.326 e. The fraction of sp³-hybridized carbons (Fsp3) is 0.333. The van der Waals surface area contributed by atoms with Crippen molar-refractivity contribution in [1.82, 2.24) is 0 Å². The maximum absolute atomic E-state index is 13.6. The van der Waals surface area contributed by atoms with Crippen molar-refractivity contribution in [1.29, 1.82) is 0 Å². The molecule has 1 saturated carbocycles. The summed E-state index contributed by atoms with van der Waals surface area (Å²) in [6.07, 6.45) is 5.36. The second-order valence-electron chi connectivity index (χ2n) is 6.67. The molecular weight excluding hydrogens is 363 g/mol. The Hall–Kier alpha value is -2.34. The molecule has 3 rings (SSSR count). The first-order valence-electron chi connectivity index (χ1n) is 9.20. The van der Waals surface area contributed by atoms with Crippen LogP contribution in [0, 0.1) is 11.7 Å². The summed E-state index contributed by atoms with van der Waals surface area (Å²) in [5.74, 6) is -0.394. The molecule has 4 nitrogen and oxygen atoms in total. The Balaban J connectivity index is 1.52. The van der Waals surface area contributed by atoms with E-state index in [0.717, 1.165) is 36.3 Å². The summed E-state index contributed by atoms with van der Waals surface area (Å²) >= 11 is 1.34. The van der Waals surface area contributed by atoms with Crippen LogP contribution in [0.5, 0.6) is 0 Å². The average molecular weight is 386 g/mol. The average Bonchev–Trinajstić information content (AvgIpc) is 2.69. The summed E-state index contributed by atoms with van der Waals surface area (Å²) < 4.78 is 13.6. The van der Waals surface area contributed by atoms with Crippen LogP contribution < -0.4 is 10.6 Å². The maximum Gasteiger partial charge on any atom is 0.234 e. The van der Waals surface area contributed by atoms with Gasteiger partial charge in [-0.2, -0.15) is 0 Å². The Morgan fingerprint density at radius 1 is 1.00 bits per heavy atom. The van der Waals surface area contributed by atoms with E-state index in [1.54, 1.807) is 12.1 Å². The van der Waals surface area contributed by atoms with Gasteiger partial charge in [-0.05, 0) is 43.2 Å². The molecule has 1 aliphatic rings. The lowest BCUT2D eigenvalue weighted by Gasteiger charge is -2.20. The number of benzene rings is 2. The zero-order valence-corrected chi connectivity index (χ0v) is 15.9. The molecule has 0 aliphatic heterocycles. The summed E-state index contributed by atoms with van der Waals surface area (Å²) in [6.45, 7) is 0. The van der Waals surface area contributed by atoms with Crippen molar-refractivity contribution in [3.63, 3.8) is 0 Å². The molecular formula is C21H23FN2O2S. The van der Waals surface area contributed by atoms with Crippen LogP contribution in [0.25, 0.3) is 0 Å². The van der Waals surface area contributed by atoms with Gasteiger partial charge in [-0.3, -0.25) is 9.59 Å². The maximum atomic E-state index is 13.6. The Morgan fingerprint density at radius 2 is 1.78 bits per heavy atom. The number of halogens is 1. The standard InChI is InChI=1S/C21H23FN2O2S/c22-18-11-4-5-12-19(18)24-20(25)14-27-17-10-6-9-16(13-17)23-21(26)15-7-2-1-3-8-15/h4-6,9-13,15H,1-3,7-8,14H2,(H,23,26)(H,24,25). The van der Waals surface area contributed by atoms with E-state index >= 15 is 0 Å². The number of nitrogens with one attached hydrogen (secondary N) is 2. The van der Waals surface area contributed by atoms with Crippen LogP contribution in [0.15, 0.2) is 53.4 Å². The molecule has 27 heavy (non-hydrogen) atoms. The second kappa shape index (κ2) is 9.55. The van der Waals surface area contributed by atoms with E-state index in [-0.39, 0.29) is 29.2 Å². The van der Waals surface area contributed by atoms with E-state index in [9.17, 15) is 14.0 Å². The SMILES string of the molecule is O=C(CSc1cccc(NC(=O)C2CCCCC2)c1)Nc1ccccc1F. The van der Waals surface area contributed by atoms with E-state index in [2.05, 4.69) is 10.6 Å². The number of anilines is 2. The van der Waals surface area contributed by atoms with Crippen LogP contribution in [0.4, 0.5) is 15.8 Å². The molecule has 0 atom stereocenters. The van der Waals surface area contributed by atoms with E-state index in [4.69, 9.17) is 0 Å². The molecule has 1 aliphatic carbocycles. The Morgan fingerprint density at radius 3 is 2.56 bits per heavy atom. The summed E-state index contributed by atoms with van der Waals surface area (Å²) in [5, 5.41) is 5.55. The van der Waals surface area contributed by atoms with E-state index in [0.29, 0.717) is 0 Å². The van der Waals surface area contributed by atoms with Gasteiger partial charge in [0.05, 0.1) is 11.4 Å². The van der Waals surface area contributed by atoms with E-state index in [1.807, 2.05) is 24.3 Å². The number of amides is 2. The van der Waals surface area contributed by atoms with Gasteiger partial charge in [-0.25, -0.2) is 4.39 Å². The molecule has 0 spiro atoms. The largest absolute Gasteiger partial charge is 0.326 e. The highest BCUT2D eigenvalue weighted by atomic mass is 32.2. The fourth-order valence-corrected chi connectivity index (χ4v) is 3.93. The van der Waals surface area contributed by atoms with Gasteiger partial charge >= 0.3 is 0 Å². The Kier molecular flexibility index (Phi) is 6.87. The number of hydrogen-bond acceptors (Lipinski definition) is 3. The van der Waals surface area contributed by atoms with Gasteiger partial charge in [0.25, 0.3) is 0 Å². The van der Waals surface area contributed by atoms with Gasteiger partial charge in [0, 0.05) is 16.5 Å². The fourth-order valence-electron chi connectivity index (χ4n) is 3.17. The van der Waals surface area contributed by atoms with Crippen LogP contribution >= 0.6 is 11.8 Å². The third-order valence-electron chi connectivity index (χ3n) is 4.60. The highest BCUT2D eigenvalue weighted by molar-refractivity contribution is 8.00. The van der Waals surface area contributed by atoms with Crippen LogP contribution in [0.1, 0.15) is 32.1 Å². The molecule has 2 aromatic rings. The Labute approximate surface area is 162 Å². The van der Waals surface area contributed by atoms with E-state index < -0.39 is 5.82 Å². The normalized spacial score (nSPS) is 14.6. The molecule has 2 N–H and O–H groups in total. The monoisotopic (exact) mass is 386 g/mol. The lowest BCUT2D eigenvalue weighted by molar-refractivity contribution is -0.120. The summed E-state index contributed by atoms with van der Waals surface area (Å²) in [7, 11) is 0. The van der Waals surface area contributed by atoms with Gasteiger partial charge in [-0.1, -0.05) is 37.5 Å². The molecule has 0 heterocycles. The lowest BCUT2D eigenvalue weighted by Crippen LogP contribution is -2.24. The minimum atomic E-state index is -0.455. The number of carbonyl (C=O) groups excluding carboxylic acids is 2. The van der Waals surface area contributed by atoms with Crippen molar-refractivity contribution in [2.75, 3.05) is 16.4 Å². The zero-order chi connectivity index (χ0) is 19.1. The van der Waals surface area contributed by atoms with Crippen molar-refractivity contribution in [2.24, 2.45) is 5.92 Å². The molecule has 0 unspecified atom stereocenters. The number of carbonyl (C=O) groups is 2. The highest BCUT2D eigenvalue weighted by Crippen LogP contribution is 2.26. The first-order valence-corrected chi connectivity index (χ1v) is 10.2. The molecule has 2 amide bonds. The first-order chi connectivity index (χ1) is 13.1. The summed E-state index contributed by atoms with van der Waals surface area (Å²) in [4.78, 5) is 25.3. The van der Waals surface area contributed by atoms with Gasteiger partial charge in [0.1, 0.15) is 5.82 Å². The van der Waals surface area contributed by atoms with Crippen molar-refractivity contribution < 1.29 is 14.0 Å². The third kappa shape index (κ3) is 5.82. The van der Waals surface area contributed by atoms with Gasteiger partial charge < -0.3 is 10.6 Å². The van der Waals surface area contributed by atoms with Crippen molar-refractivity contribution in [2.45, 2.75) is 37.0 Å². The third-order valence-corrected chi connectivity index (χ3v) is 5.59. The highest BCUT2D eigenvalue weighted by Gasteiger charge is 2.21. The van der Waals surface area contributed by atoms with Crippen molar-refractivity contribution in [3.05, 3.63) is 54.3 Å². The zero-order valence-electron chi connectivity index (χ0n) is 15.0. The minimum absolute atomic E-state index is 0.0779. The van der Waals surface area contributed by atoms with Gasteiger partial charge in [0.15, 0.2) is 0 Å².